The maximum Gasteiger partial charge on any atom is 0.334 e. The molecule has 4 heteroatoms. The molecule has 0 spiro atoms. The molecule has 1 rings (SSSR count). The molecule has 0 aromatic heterocycles. The van der Waals surface area contributed by atoms with Crippen LogP contribution in [0.25, 0.3) is 0 Å². The SMILES string of the molecule is CC[C@@H]1NCCO[C@H]1C(=O)O. The number of ether oxygens (including phenoxy) is 1. The van der Waals surface area contributed by atoms with Crippen molar-refractivity contribution in [3.63, 3.8) is 0 Å². The van der Waals surface area contributed by atoms with Crippen LogP contribution >= 0.6 is 0 Å². The van der Waals surface area contributed by atoms with Gasteiger partial charge in [-0.2, -0.15) is 0 Å². The Bertz CT molecular complexity index is 149. The minimum absolute atomic E-state index is 0.0266. The van der Waals surface area contributed by atoms with Crippen molar-refractivity contribution in [1.82, 2.24) is 5.32 Å². The smallest absolute Gasteiger partial charge is 0.334 e. The molecule has 1 fully saturated rings. The maximum atomic E-state index is 10.6. The molecule has 0 radical (unpaired) electrons. The van der Waals surface area contributed by atoms with E-state index in [0.717, 1.165) is 13.0 Å². The lowest BCUT2D eigenvalue weighted by Crippen LogP contribution is -2.51. The van der Waals surface area contributed by atoms with E-state index < -0.39 is 12.1 Å². The molecule has 0 aromatic carbocycles. The molecule has 2 atom stereocenters. The van der Waals surface area contributed by atoms with Crippen molar-refractivity contribution < 1.29 is 14.6 Å². The van der Waals surface area contributed by atoms with Crippen LogP contribution in [0.3, 0.4) is 0 Å². The predicted molar refractivity (Wildman–Crippen MR) is 39.5 cm³/mol. The van der Waals surface area contributed by atoms with E-state index in [0.29, 0.717) is 6.61 Å². The Kier molecular flexibility index (Phi) is 2.84. The van der Waals surface area contributed by atoms with Crippen molar-refractivity contribution in [2.24, 2.45) is 0 Å². The highest BCUT2D eigenvalue weighted by Gasteiger charge is 2.29. The van der Waals surface area contributed by atoms with Crippen LogP contribution in [0.2, 0.25) is 0 Å². The number of aliphatic carboxylic acids is 1. The van der Waals surface area contributed by atoms with Gasteiger partial charge in [0.2, 0.25) is 0 Å². The average molecular weight is 159 g/mol. The third-order valence-electron chi connectivity index (χ3n) is 1.85. The molecule has 1 saturated heterocycles. The summed E-state index contributed by atoms with van der Waals surface area (Å²) in [4.78, 5) is 10.6. The summed E-state index contributed by atoms with van der Waals surface area (Å²) < 4.78 is 5.08. The largest absolute Gasteiger partial charge is 0.479 e. The summed E-state index contributed by atoms with van der Waals surface area (Å²) in [6.07, 6.45) is 0.130. The van der Waals surface area contributed by atoms with Gasteiger partial charge in [0, 0.05) is 12.6 Å². The number of carboxylic acids is 1. The summed E-state index contributed by atoms with van der Waals surface area (Å²) in [5, 5.41) is 11.8. The van der Waals surface area contributed by atoms with E-state index in [-0.39, 0.29) is 6.04 Å². The van der Waals surface area contributed by atoms with E-state index in [1.54, 1.807) is 0 Å². The molecule has 4 nitrogen and oxygen atoms in total. The van der Waals surface area contributed by atoms with E-state index in [1.807, 2.05) is 6.92 Å². The fraction of sp³-hybridized carbons (Fsp3) is 0.857. The zero-order chi connectivity index (χ0) is 8.27. The number of hydrogen-bond acceptors (Lipinski definition) is 3. The van der Waals surface area contributed by atoms with Gasteiger partial charge in [-0.05, 0) is 6.42 Å². The Morgan fingerprint density at radius 3 is 3.00 bits per heavy atom. The van der Waals surface area contributed by atoms with E-state index in [1.165, 1.54) is 0 Å². The van der Waals surface area contributed by atoms with Gasteiger partial charge >= 0.3 is 5.97 Å². The zero-order valence-electron chi connectivity index (χ0n) is 6.54. The average Bonchev–Trinajstić information content (AvgIpc) is 2.04. The van der Waals surface area contributed by atoms with Crippen LogP contribution in [0.1, 0.15) is 13.3 Å². The molecule has 2 N–H and O–H groups in total. The quantitative estimate of drug-likeness (QED) is 0.587. The summed E-state index contributed by atoms with van der Waals surface area (Å²) in [5.41, 5.74) is 0. The van der Waals surface area contributed by atoms with Gasteiger partial charge in [-0.15, -0.1) is 0 Å². The van der Waals surface area contributed by atoms with Gasteiger partial charge in [-0.25, -0.2) is 4.79 Å². The number of hydrogen-bond donors (Lipinski definition) is 2. The minimum Gasteiger partial charge on any atom is -0.479 e. The lowest BCUT2D eigenvalue weighted by atomic mass is 10.1. The number of rotatable bonds is 2. The molecule has 0 aliphatic carbocycles. The van der Waals surface area contributed by atoms with Crippen LogP contribution in [-0.2, 0) is 9.53 Å². The van der Waals surface area contributed by atoms with Gasteiger partial charge < -0.3 is 15.2 Å². The van der Waals surface area contributed by atoms with Crippen LogP contribution in [-0.4, -0.2) is 36.4 Å². The van der Waals surface area contributed by atoms with E-state index in [2.05, 4.69) is 5.32 Å². The van der Waals surface area contributed by atoms with Crippen molar-refractivity contribution >= 4 is 5.97 Å². The molecule has 0 unspecified atom stereocenters. The highest BCUT2D eigenvalue weighted by atomic mass is 16.5. The first-order valence-electron chi connectivity index (χ1n) is 3.83. The highest BCUT2D eigenvalue weighted by Crippen LogP contribution is 2.07. The third-order valence-corrected chi connectivity index (χ3v) is 1.85. The van der Waals surface area contributed by atoms with Gasteiger partial charge in [0.15, 0.2) is 6.10 Å². The van der Waals surface area contributed by atoms with Crippen molar-refractivity contribution in [3.05, 3.63) is 0 Å². The van der Waals surface area contributed by atoms with Crippen LogP contribution in [0.15, 0.2) is 0 Å². The van der Waals surface area contributed by atoms with Crippen molar-refractivity contribution in [3.8, 4) is 0 Å². The third kappa shape index (κ3) is 1.91. The van der Waals surface area contributed by atoms with Crippen molar-refractivity contribution in [2.45, 2.75) is 25.5 Å². The van der Waals surface area contributed by atoms with Crippen molar-refractivity contribution in [2.75, 3.05) is 13.2 Å². The van der Waals surface area contributed by atoms with Gasteiger partial charge in [0.25, 0.3) is 0 Å². The summed E-state index contributed by atoms with van der Waals surface area (Å²) in [6, 6.07) is -0.0266. The van der Waals surface area contributed by atoms with E-state index in [9.17, 15) is 4.79 Å². The second kappa shape index (κ2) is 3.69. The first kappa shape index (κ1) is 8.49. The molecule has 0 aromatic rings. The molecule has 64 valence electrons. The maximum absolute atomic E-state index is 10.6. The predicted octanol–water partition coefficient (Wildman–Crippen LogP) is -0.162. The minimum atomic E-state index is -0.871. The van der Waals surface area contributed by atoms with E-state index >= 15 is 0 Å². The van der Waals surface area contributed by atoms with Crippen LogP contribution in [0, 0.1) is 0 Å². The van der Waals surface area contributed by atoms with Gasteiger partial charge in [-0.3, -0.25) is 0 Å². The van der Waals surface area contributed by atoms with Crippen LogP contribution in [0.5, 0.6) is 0 Å². The van der Waals surface area contributed by atoms with Gasteiger partial charge in [0.1, 0.15) is 0 Å². The highest BCUT2D eigenvalue weighted by molar-refractivity contribution is 5.73. The monoisotopic (exact) mass is 159 g/mol. The Balaban J connectivity index is 2.51. The van der Waals surface area contributed by atoms with Crippen molar-refractivity contribution in [1.29, 1.82) is 0 Å². The lowest BCUT2D eigenvalue weighted by molar-refractivity contribution is -0.155. The topological polar surface area (TPSA) is 58.6 Å². The lowest BCUT2D eigenvalue weighted by Gasteiger charge is -2.28. The second-order valence-electron chi connectivity index (χ2n) is 2.60. The summed E-state index contributed by atoms with van der Waals surface area (Å²) in [5.74, 6) is -0.871. The number of carboxylic acid groups (broad SMARTS) is 1. The zero-order valence-corrected chi connectivity index (χ0v) is 6.54. The first-order valence-corrected chi connectivity index (χ1v) is 3.83. The number of nitrogens with one attached hydrogen (secondary N) is 1. The van der Waals surface area contributed by atoms with E-state index in [4.69, 9.17) is 9.84 Å². The molecular formula is C7H13NO3. The molecule has 0 bridgehead atoms. The Labute approximate surface area is 65.5 Å². The Morgan fingerprint density at radius 1 is 1.82 bits per heavy atom. The molecule has 11 heavy (non-hydrogen) atoms. The molecule has 0 saturated carbocycles. The molecule has 1 aliphatic heterocycles. The van der Waals surface area contributed by atoms with Crippen LogP contribution in [0.4, 0.5) is 0 Å². The fourth-order valence-corrected chi connectivity index (χ4v) is 1.26. The molecule has 1 aliphatic rings. The molecule has 1 heterocycles. The summed E-state index contributed by atoms with van der Waals surface area (Å²) in [6.45, 7) is 3.19. The van der Waals surface area contributed by atoms with Gasteiger partial charge in [-0.1, -0.05) is 6.92 Å². The molecule has 0 amide bonds. The fourth-order valence-electron chi connectivity index (χ4n) is 1.26. The summed E-state index contributed by atoms with van der Waals surface area (Å²) >= 11 is 0. The van der Waals surface area contributed by atoms with Crippen LogP contribution < -0.4 is 5.32 Å². The summed E-state index contributed by atoms with van der Waals surface area (Å²) in [7, 11) is 0. The first-order chi connectivity index (χ1) is 5.25. The van der Waals surface area contributed by atoms with Gasteiger partial charge in [0.05, 0.1) is 6.61 Å². The standard InChI is InChI=1S/C7H13NO3/c1-2-5-6(7(9)10)11-4-3-8-5/h5-6,8H,2-4H2,1H3,(H,9,10)/t5-,6+/m0/s1. The Morgan fingerprint density at radius 2 is 2.55 bits per heavy atom. The normalized spacial score (nSPS) is 31.7. The number of carbonyl (C=O) groups is 1. The number of morpholine rings is 1. The molecular weight excluding hydrogens is 146 g/mol. The Hall–Kier alpha value is -0.610. The second-order valence-corrected chi connectivity index (χ2v) is 2.60.